The molecule has 1 aliphatic heterocycles. The number of nitrogens with two attached hydrogens (primary N) is 1. The molecular weight excluding hydrogens is 344 g/mol. The Morgan fingerprint density at radius 1 is 1.26 bits per heavy atom. The highest BCUT2D eigenvalue weighted by Crippen LogP contribution is 2.52. The van der Waals surface area contributed by atoms with Gasteiger partial charge < -0.3 is 24.8 Å². The third-order valence-electron chi connectivity index (χ3n) is 5.61. The van der Waals surface area contributed by atoms with Gasteiger partial charge in [-0.1, -0.05) is 0 Å². The monoisotopic (exact) mass is 376 g/mol. The number of piperidine rings is 1. The van der Waals surface area contributed by atoms with Gasteiger partial charge in [0.05, 0.1) is 19.4 Å². The summed E-state index contributed by atoms with van der Waals surface area (Å²) in [6.45, 7) is 8.01. The zero-order valence-corrected chi connectivity index (χ0v) is 16.9. The van der Waals surface area contributed by atoms with Crippen LogP contribution in [-0.4, -0.2) is 43.4 Å². The summed E-state index contributed by atoms with van der Waals surface area (Å²) < 4.78 is 16.7. The van der Waals surface area contributed by atoms with Crippen molar-refractivity contribution < 1.29 is 19.0 Å². The first kappa shape index (κ1) is 19.6. The fourth-order valence-electron chi connectivity index (χ4n) is 4.18. The second-order valence-electron chi connectivity index (χ2n) is 8.96. The Bertz CT molecular complexity index is 667. The summed E-state index contributed by atoms with van der Waals surface area (Å²) in [5.74, 6) is 2.01. The first-order valence-corrected chi connectivity index (χ1v) is 9.74. The van der Waals surface area contributed by atoms with Crippen LogP contribution in [0.15, 0.2) is 18.2 Å². The van der Waals surface area contributed by atoms with Gasteiger partial charge in [0.15, 0.2) is 0 Å². The Kier molecular flexibility index (Phi) is 5.45. The number of amides is 1. The van der Waals surface area contributed by atoms with E-state index in [9.17, 15) is 4.79 Å². The summed E-state index contributed by atoms with van der Waals surface area (Å²) in [5.41, 5.74) is 6.40. The number of nitrogens with zero attached hydrogens (tertiary/aromatic N) is 1. The molecule has 1 aromatic rings. The zero-order chi connectivity index (χ0) is 19.7. The lowest BCUT2D eigenvalue weighted by atomic mass is 9.58. The van der Waals surface area contributed by atoms with E-state index in [1.807, 2.05) is 43.9 Å². The fourth-order valence-corrected chi connectivity index (χ4v) is 4.18. The molecule has 1 saturated carbocycles. The molecule has 2 aliphatic rings. The lowest BCUT2D eigenvalue weighted by molar-refractivity contribution is -0.0380. The third kappa shape index (κ3) is 4.79. The first-order chi connectivity index (χ1) is 12.7. The molecule has 0 aromatic heterocycles. The van der Waals surface area contributed by atoms with Crippen LogP contribution in [0.2, 0.25) is 0 Å². The lowest BCUT2D eigenvalue weighted by Gasteiger charge is -2.52. The predicted molar refractivity (Wildman–Crippen MR) is 105 cm³/mol. The molecule has 0 bridgehead atoms. The molecular formula is C21H32N2O4. The molecule has 1 saturated heterocycles. The number of rotatable bonds is 4. The van der Waals surface area contributed by atoms with Crippen LogP contribution in [0.5, 0.6) is 11.5 Å². The van der Waals surface area contributed by atoms with Crippen LogP contribution < -0.4 is 15.2 Å². The molecule has 27 heavy (non-hydrogen) atoms. The van der Waals surface area contributed by atoms with Gasteiger partial charge in [0.2, 0.25) is 0 Å². The molecule has 1 spiro atoms. The van der Waals surface area contributed by atoms with Crippen LogP contribution in [0, 0.1) is 11.3 Å². The topological polar surface area (TPSA) is 74.0 Å². The fraction of sp³-hybridized carbons (Fsp3) is 0.667. The molecule has 6 nitrogen and oxygen atoms in total. The number of likely N-dealkylation sites (tertiary alicyclic amines) is 1. The van der Waals surface area contributed by atoms with Gasteiger partial charge in [-0.15, -0.1) is 0 Å². The molecule has 3 rings (SSSR count). The Balaban J connectivity index is 1.42. The minimum atomic E-state index is -0.435. The number of hydrogen-bond donors (Lipinski definition) is 1. The molecule has 2 fully saturated rings. The number of nitrogen functional groups attached to an aromatic ring is 1. The van der Waals surface area contributed by atoms with E-state index in [1.165, 1.54) is 12.8 Å². The number of benzene rings is 1. The summed E-state index contributed by atoms with van der Waals surface area (Å²) in [4.78, 5) is 14.0. The summed E-state index contributed by atoms with van der Waals surface area (Å²) in [6, 6.07) is 5.53. The molecule has 2 N–H and O–H groups in total. The Labute approximate surface area is 161 Å². The van der Waals surface area contributed by atoms with Crippen LogP contribution in [0.3, 0.4) is 0 Å². The second-order valence-corrected chi connectivity index (χ2v) is 8.96. The highest BCUT2D eigenvalue weighted by Gasteiger charge is 2.46. The van der Waals surface area contributed by atoms with Crippen LogP contribution in [-0.2, 0) is 4.74 Å². The van der Waals surface area contributed by atoms with Crippen molar-refractivity contribution in [3.8, 4) is 11.5 Å². The lowest BCUT2D eigenvalue weighted by Crippen LogP contribution is -2.50. The molecule has 0 radical (unpaired) electrons. The number of carbonyl (C=O) groups excluding carboxylic acids is 1. The zero-order valence-electron chi connectivity index (χ0n) is 16.9. The highest BCUT2D eigenvalue weighted by atomic mass is 16.6. The van der Waals surface area contributed by atoms with Crippen LogP contribution in [0.1, 0.15) is 46.5 Å². The number of carbonyl (C=O) groups is 1. The van der Waals surface area contributed by atoms with Crippen molar-refractivity contribution >= 4 is 11.8 Å². The van der Waals surface area contributed by atoms with Gasteiger partial charge in [-0.2, -0.15) is 0 Å². The van der Waals surface area contributed by atoms with Gasteiger partial charge in [0.25, 0.3) is 0 Å². The Morgan fingerprint density at radius 3 is 2.52 bits per heavy atom. The van der Waals surface area contributed by atoms with E-state index >= 15 is 0 Å². The van der Waals surface area contributed by atoms with Gasteiger partial charge >= 0.3 is 6.09 Å². The van der Waals surface area contributed by atoms with Crippen molar-refractivity contribution in [1.82, 2.24) is 4.90 Å². The first-order valence-electron chi connectivity index (χ1n) is 9.74. The second kappa shape index (κ2) is 7.49. The van der Waals surface area contributed by atoms with E-state index in [1.54, 1.807) is 7.11 Å². The van der Waals surface area contributed by atoms with Crippen LogP contribution >= 0.6 is 0 Å². The van der Waals surface area contributed by atoms with Gasteiger partial charge in [0, 0.05) is 19.2 Å². The van der Waals surface area contributed by atoms with Crippen molar-refractivity contribution in [3.63, 3.8) is 0 Å². The Hall–Kier alpha value is -2.11. The van der Waals surface area contributed by atoms with Crippen molar-refractivity contribution in [2.75, 3.05) is 32.5 Å². The van der Waals surface area contributed by atoms with Crippen molar-refractivity contribution in [3.05, 3.63) is 18.2 Å². The van der Waals surface area contributed by atoms with E-state index in [-0.39, 0.29) is 6.09 Å². The van der Waals surface area contributed by atoms with E-state index < -0.39 is 5.60 Å². The molecule has 0 atom stereocenters. The maximum Gasteiger partial charge on any atom is 0.410 e. The van der Waals surface area contributed by atoms with Gasteiger partial charge in [0.1, 0.15) is 17.1 Å². The minimum Gasteiger partial charge on any atom is -0.494 e. The van der Waals surface area contributed by atoms with Crippen LogP contribution in [0.4, 0.5) is 10.5 Å². The number of anilines is 1. The minimum absolute atomic E-state index is 0.186. The predicted octanol–water partition coefficient (Wildman–Crippen LogP) is 4.08. The quantitative estimate of drug-likeness (QED) is 0.802. The molecule has 150 valence electrons. The third-order valence-corrected chi connectivity index (χ3v) is 5.61. The number of methoxy groups -OCH3 is 1. The average Bonchev–Trinajstić information content (AvgIpc) is 2.58. The van der Waals surface area contributed by atoms with E-state index in [0.717, 1.165) is 31.7 Å². The summed E-state index contributed by atoms with van der Waals surface area (Å²) in [5, 5.41) is 0. The number of ether oxygens (including phenoxy) is 3. The smallest absolute Gasteiger partial charge is 0.410 e. The highest BCUT2D eigenvalue weighted by molar-refractivity contribution is 5.68. The largest absolute Gasteiger partial charge is 0.494 e. The molecule has 1 heterocycles. The van der Waals surface area contributed by atoms with Gasteiger partial charge in [-0.05, 0) is 69.9 Å². The van der Waals surface area contributed by atoms with Crippen LogP contribution in [0.25, 0.3) is 0 Å². The summed E-state index contributed by atoms with van der Waals surface area (Å²) in [7, 11) is 1.61. The molecule has 0 unspecified atom stereocenters. The molecule has 1 aliphatic carbocycles. The SMILES string of the molecule is COc1cc(OCC2CC3(CCN(C(=O)OC(C)(C)C)CC3)C2)ccc1N. The van der Waals surface area contributed by atoms with Crippen molar-refractivity contribution in [2.45, 2.75) is 52.1 Å². The van der Waals surface area contributed by atoms with Gasteiger partial charge in [-0.25, -0.2) is 4.79 Å². The molecule has 1 amide bonds. The van der Waals surface area contributed by atoms with E-state index in [2.05, 4.69) is 0 Å². The normalized spacial score (nSPS) is 19.5. The Morgan fingerprint density at radius 2 is 1.93 bits per heavy atom. The van der Waals surface area contributed by atoms with E-state index in [0.29, 0.717) is 29.4 Å². The van der Waals surface area contributed by atoms with Crippen molar-refractivity contribution in [2.24, 2.45) is 11.3 Å². The molecule has 6 heteroatoms. The average molecular weight is 376 g/mol. The van der Waals surface area contributed by atoms with Crippen molar-refractivity contribution in [1.29, 1.82) is 0 Å². The summed E-state index contributed by atoms with van der Waals surface area (Å²) in [6.07, 6.45) is 4.26. The number of hydrogen-bond acceptors (Lipinski definition) is 5. The maximum absolute atomic E-state index is 12.2. The van der Waals surface area contributed by atoms with Gasteiger partial charge in [-0.3, -0.25) is 0 Å². The van der Waals surface area contributed by atoms with E-state index in [4.69, 9.17) is 19.9 Å². The standard InChI is InChI=1S/C21H32N2O4/c1-20(2,3)27-19(24)23-9-7-21(8-10-23)12-15(13-21)14-26-16-5-6-17(22)18(11-16)25-4/h5-6,11,15H,7-10,12-14,22H2,1-4H3. The summed E-state index contributed by atoms with van der Waals surface area (Å²) >= 11 is 0. The maximum atomic E-state index is 12.2. The molecule has 1 aromatic carbocycles.